The first-order valence-electron chi connectivity index (χ1n) is 6.12. The van der Waals surface area contributed by atoms with E-state index >= 15 is 0 Å². The number of hydrogen-bond acceptors (Lipinski definition) is 3. The van der Waals surface area contributed by atoms with Gasteiger partial charge in [0, 0.05) is 6.20 Å². The zero-order chi connectivity index (χ0) is 13.8. The van der Waals surface area contributed by atoms with Crippen LogP contribution in [0, 0.1) is 13.8 Å². The Hall–Kier alpha value is -2.20. The van der Waals surface area contributed by atoms with Gasteiger partial charge in [0.15, 0.2) is 0 Å². The third kappa shape index (κ3) is 3.39. The number of hydrogen-bond donors (Lipinski definition) is 2. The monoisotopic (exact) mass is 255 g/mol. The molecule has 1 unspecified atom stereocenters. The second-order valence-corrected chi connectivity index (χ2v) is 4.60. The van der Waals surface area contributed by atoms with Gasteiger partial charge in [0.05, 0.1) is 0 Å². The van der Waals surface area contributed by atoms with E-state index in [2.05, 4.69) is 10.3 Å². The van der Waals surface area contributed by atoms with Crippen molar-refractivity contribution in [2.45, 2.75) is 19.9 Å². The molecule has 1 aromatic heterocycles. The Labute approximate surface area is 112 Å². The first-order chi connectivity index (χ1) is 9.06. The summed E-state index contributed by atoms with van der Waals surface area (Å²) in [6.07, 6.45) is 1.70. The third-order valence-corrected chi connectivity index (χ3v) is 2.88. The van der Waals surface area contributed by atoms with Gasteiger partial charge in [-0.15, -0.1) is 0 Å². The average Bonchev–Trinajstić information content (AvgIpc) is 2.41. The Morgan fingerprint density at radius 3 is 2.32 bits per heavy atom. The minimum atomic E-state index is -0.691. The van der Waals surface area contributed by atoms with Crippen LogP contribution in [0.15, 0.2) is 42.6 Å². The Morgan fingerprint density at radius 2 is 1.74 bits per heavy atom. The minimum absolute atomic E-state index is 0.264. The summed E-state index contributed by atoms with van der Waals surface area (Å²) in [6.45, 7) is 3.93. The van der Waals surface area contributed by atoms with Crippen molar-refractivity contribution in [1.82, 2.24) is 4.98 Å². The number of pyridine rings is 1. The highest BCUT2D eigenvalue weighted by Gasteiger charge is 2.15. The fraction of sp³-hybridized carbons (Fsp3) is 0.200. The second-order valence-electron chi connectivity index (χ2n) is 4.60. The van der Waals surface area contributed by atoms with Gasteiger partial charge < -0.3 is 11.1 Å². The summed E-state index contributed by atoms with van der Waals surface area (Å²) >= 11 is 0. The maximum absolute atomic E-state index is 12.0. The number of benzene rings is 1. The normalized spacial score (nSPS) is 11.9. The van der Waals surface area contributed by atoms with E-state index in [0.717, 1.165) is 16.7 Å². The molecule has 4 nitrogen and oxygen atoms in total. The molecule has 0 radical (unpaired) electrons. The number of aromatic nitrogens is 1. The van der Waals surface area contributed by atoms with Crippen molar-refractivity contribution in [1.29, 1.82) is 0 Å². The molecule has 1 heterocycles. The lowest BCUT2D eigenvalue weighted by Crippen LogP contribution is -2.28. The highest BCUT2D eigenvalue weighted by atomic mass is 16.2. The van der Waals surface area contributed by atoms with Gasteiger partial charge in [0.1, 0.15) is 11.9 Å². The van der Waals surface area contributed by atoms with Crippen LogP contribution < -0.4 is 11.1 Å². The van der Waals surface area contributed by atoms with E-state index in [1.165, 1.54) is 0 Å². The Morgan fingerprint density at radius 1 is 1.11 bits per heavy atom. The number of nitrogens with one attached hydrogen (secondary N) is 1. The molecule has 0 bridgehead atoms. The molecule has 3 N–H and O–H groups in total. The number of nitrogens with zero attached hydrogens (tertiary/aromatic N) is 1. The lowest BCUT2D eigenvalue weighted by atomic mass is 10.1. The topological polar surface area (TPSA) is 68.0 Å². The van der Waals surface area contributed by atoms with Crippen molar-refractivity contribution in [3.8, 4) is 0 Å². The van der Waals surface area contributed by atoms with Gasteiger partial charge in [0.2, 0.25) is 5.91 Å². The molecule has 0 fully saturated rings. The Balaban J connectivity index is 2.07. The Bertz CT molecular complexity index is 561. The fourth-order valence-electron chi connectivity index (χ4n) is 1.67. The van der Waals surface area contributed by atoms with Gasteiger partial charge in [-0.25, -0.2) is 4.98 Å². The SMILES string of the molecule is Cc1ccc(C(N)C(=O)Nc2ccc(C)cn2)cc1. The van der Waals surface area contributed by atoms with Crippen LogP contribution in [0.3, 0.4) is 0 Å². The van der Waals surface area contributed by atoms with Crippen molar-refractivity contribution >= 4 is 11.7 Å². The molecule has 19 heavy (non-hydrogen) atoms. The Kier molecular flexibility index (Phi) is 3.92. The van der Waals surface area contributed by atoms with E-state index in [1.54, 1.807) is 12.3 Å². The molecule has 4 heteroatoms. The standard InChI is InChI=1S/C15H17N3O/c1-10-3-6-12(7-4-10)14(16)15(19)18-13-8-5-11(2)9-17-13/h3-9,14H,16H2,1-2H3,(H,17,18,19). The van der Waals surface area contributed by atoms with E-state index in [1.807, 2.05) is 44.2 Å². The first kappa shape index (κ1) is 13.2. The van der Waals surface area contributed by atoms with Crippen molar-refractivity contribution in [3.63, 3.8) is 0 Å². The summed E-state index contributed by atoms with van der Waals surface area (Å²) in [4.78, 5) is 16.1. The molecule has 0 saturated carbocycles. The fourth-order valence-corrected chi connectivity index (χ4v) is 1.67. The number of rotatable bonds is 3. The maximum atomic E-state index is 12.0. The zero-order valence-corrected chi connectivity index (χ0v) is 11.1. The second kappa shape index (κ2) is 5.63. The largest absolute Gasteiger partial charge is 0.316 e. The van der Waals surface area contributed by atoms with E-state index in [0.29, 0.717) is 5.82 Å². The summed E-state index contributed by atoms with van der Waals surface area (Å²) in [7, 11) is 0. The van der Waals surface area contributed by atoms with E-state index in [-0.39, 0.29) is 5.91 Å². The quantitative estimate of drug-likeness (QED) is 0.884. The molecular formula is C15H17N3O. The third-order valence-electron chi connectivity index (χ3n) is 2.88. The van der Waals surface area contributed by atoms with E-state index < -0.39 is 6.04 Å². The number of anilines is 1. The van der Waals surface area contributed by atoms with E-state index in [9.17, 15) is 4.79 Å². The minimum Gasteiger partial charge on any atom is -0.316 e. The molecule has 1 aromatic carbocycles. The zero-order valence-electron chi connectivity index (χ0n) is 11.1. The molecule has 1 amide bonds. The van der Waals surface area contributed by atoms with E-state index in [4.69, 9.17) is 5.73 Å². The van der Waals surface area contributed by atoms with Crippen LogP contribution in [0.1, 0.15) is 22.7 Å². The number of amides is 1. The maximum Gasteiger partial charge on any atom is 0.247 e. The first-order valence-corrected chi connectivity index (χ1v) is 6.12. The smallest absolute Gasteiger partial charge is 0.247 e. The molecule has 2 rings (SSSR count). The number of aryl methyl sites for hydroxylation is 2. The van der Waals surface area contributed by atoms with Crippen LogP contribution in [0.4, 0.5) is 5.82 Å². The van der Waals surface area contributed by atoms with Crippen LogP contribution in [0.25, 0.3) is 0 Å². The van der Waals surface area contributed by atoms with Gasteiger partial charge in [-0.2, -0.15) is 0 Å². The molecule has 0 aliphatic carbocycles. The lowest BCUT2D eigenvalue weighted by molar-refractivity contribution is -0.117. The highest BCUT2D eigenvalue weighted by molar-refractivity contribution is 5.94. The number of carbonyl (C=O) groups is 1. The summed E-state index contributed by atoms with van der Waals surface area (Å²) in [5.74, 6) is 0.248. The number of carbonyl (C=O) groups excluding carboxylic acids is 1. The summed E-state index contributed by atoms with van der Waals surface area (Å²) < 4.78 is 0. The van der Waals surface area contributed by atoms with Crippen LogP contribution in [-0.2, 0) is 4.79 Å². The lowest BCUT2D eigenvalue weighted by Gasteiger charge is -2.12. The van der Waals surface area contributed by atoms with Gasteiger partial charge in [0.25, 0.3) is 0 Å². The summed E-state index contributed by atoms with van der Waals surface area (Å²) in [5, 5.41) is 2.71. The van der Waals surface area contributed by atoms with Gasteiger partial charge in [-0.3, -0.25) is 4.79 Å². The average molecular weight is 255 g/mol. The van der Waals surface area contributed by atoms with Crippen molar-refractivity contribution in [2.75, 3.05) is 5.32 Å². The van der Waals surface area contributed by atoms with Crippen molar-refractivity contribution < 1.29 is 4.79 Å². The van der Waals surface area contributed by atoms with Crippen LogP contribution in [-0.4, -0.2) is 10.9 Å². The molecule has 98 valence electrons. The predicted octanol–water partition coefficient (Wildman–Crippen LogP) is 2.34. The van der Waals surface area contributed by atoms with Gasteiger partial charge in [-0.05, 0) is 31.0 Å². The van der Waals surface area contributed by atoms with Crippen LogP contribution in [0.2, 0.25) is 0 Å². The molecular weight excluding hydrogens is 238 g/mol. The molecule has 0 saturated heterocycles. The highest BCUT2D eigenvalue weighted by Crippen LogP contribution is 2.14. The van der Waals surface area contributed by atoms with Gasteiger partial charge in [-0.1, -0.05) is 35.9 Å². The van der Waals surface area contributed by atoms with Crippen LogP contribution in [0.5, 0.6) is 0 Å². The molecule has 0 spiro atoms. The summed E-state index contributed by atoms with van der Waals surface area (Å²) in [5.41, 5.74) is 8.89. The van der Waals surface area contributed by atoms with Crippen molar-refractivity contribution in [2.24, 2.45) is 5.73 Å². The molecule has 1 atom stereocenters. The molecule has 2 aromatic rings. The van der Waals surface area contributed by atoms with Crippen LogP contribution >= 0.6 is 0 Å². The predicted molar refractivity (Wildman–Crippen MR) is 75.7 cm³/mol. The molecule has 0 aliphatic rings. The van der Waals surface area contributed by atoms with Crippen molar-refractivity contribution in [3.05, 3.63) is 59.3 Å². The summed E-state index contributed by atoms with van der Waals surface area (Å²) in [6, 6.07) is 10.6. The van der Waals surface area contributed by atoms with Gasteiger partial charge >= 0.3 is 0 Å². The molecule has 0 aliphatic heterocycles. The number of nitrogens with two attached hydrogens (primary N) is 1.